The first-order valence-electron chi connectivity index (χ1n) is 20.9. The lowest BCUT2D eigenvalue weighted by Crippen LogP contribution is -2.60. The van der Waals surface area contributed by atoms with Gasteiger partial charge in [0, 0.05) is 29.2 Å². The summed E-state index contributed by atoms with van der Waals surface area (Å²) in [6.45, 7) is 10.5. The van der Waals surface area contributed by atoms with Gasteiger partial charge in [-0.1, -0.05) is 49.2 Å². The third-order valence-corrected chi connectivity index (χ3v) is 14.7. The van der Waals surface area contributed by atoms with Gasteiger partial charge in [0.25, 0.3) is 5.91 Å². The number of ether oxygens (including phenoxy) is 2. The van der Waals surface area contributed by atoms with Gasteiger partial charge in [0.2, 0.25) is 31.3 Å². The second kappa shape index (κ2) is 18.6. The number of nitriles is 1. The molecule has 0 unspecified atom stereocenters. The Morgan fingerprint density at radius 1 is 0.935 bits per heavy atom. The minimum absolute atomic E-state index is 0.136. The van der Waals surface area contributed by atoms with Crippen LogP contribution in [-0.4, -0.2) is 83.8 Å². The summed E-state index contributed by atoms with van der Waals surface area (Å²) in [6.07, 6.45) is 3.70. The Morgan fingerprint density at radius 3 is 2.19 bits per heavy atom. The largest absolute Gasteiger partial charge is 0.438 e. The summed E-state index contributed by atoms with van der Waals surface area (Å²) in [6, 6.07) is 16.3. The second-order valence-electron chi connectivity index (χ2n) is 18.7. The maximum atomic E-state index is 16.3. The molecule has 0 spiro atoms. The molecule has 14 nitrogen and oxygen atoms in total. The monoisotopic (exact) mass is 894 g/mol. The predicted molar refractivity (Wildman–Crippen MR) is 229 cm³/mol. The predicted octanol–water partition coefficient (Wildman–Crippen LogP) is 8.38. The number of benzene rings is 2. The molecule has 3 saturated heterocycles. The minimum Gasteiger partial charge on any atom is -0.438 e. The molecule has 62 heavy (non-hydrogen) atoms. The van der Waals surface area contributed by atoms with Crippen LogP contribution in [0, 0.1) is 28.1 Å². The van der Waals surface area contributed by atoms with Crippen molar-refractivity contribution in [3.63, 3.8) is 0 Å². The molecule has 3 aliphatic heterocycles. The number of likely N-dealkylation sites (tertiary alicyclic amines) is 1. The number of esters is 2. The molecule has 4 heterocycles. The van der Waals surface area contributed by atoms with E-state index < -0.39 is 73.4 Å². The maximum absolute atomic E-state index is 16.3. The summed E-state index contributed by atoms with van der Waals surface area (Å²) < 4.78 is 51.5. The van der Waals surface area contributed by atoms with Gasteiger partial charge in [-0.05, 0) is 109 Å². The third kappa shape index (κ3) is 10.2. The molecule has 3 amide bonds. The fourth-order valence-electron chi connectivity index (χ4n) is 8.26. The van der Waals surface area contributed by atoms with E-state index in [0.717, 1.165) is 29.7 Å². The van der Waals surface area contributed by atoms with Gasteiger partial charge in [0.15, 0.2) is 0 Å². The second-order valence-corrected chi connectivity index (χ2v) is 21.8. The van der Waals surface area contributed by atoms with Gasteiger partial charge in [-0.15, -0.1) is 11.3 Å². The summed E-state index contributed by atoms with van der Waals surface area (Å²) in [4.78, 5) is 71.1. The number of nitrogens with one attached hydrogen (secondary N) is 1. The van der Waals surface area contributed by atoms with E-state index in [1.165, 1.54) is 18.2 Å². The number of amides is 3. The standard InChI is InChI=1S/C45H56FN4O10PS/c1-43(2,3)41(54)57-26-59-61(56,60-27-58-42(55)44(4,5)6)37(46)29-16-17-35-30(21-29)22-36(62-35)38(51)48-33-15-11-12-19-45(7)20-18-34(50(45)39(33)52)40(53)49-24-31(23-47)32(25-49)28-13-9-8-10-14-28/h8-10,13-14,16-17,21-22,31-34,37H,11-12,15,18-20,24-27H2,1-7H3,(H,48,51)/t31-,32+,33+,34+,37-,45+/m1/s1. The van der Waals surface area contributed by atoms with Crippen molar-refractivity contribution in [2.24, 2.45) is 16.7 Å². The highest BCUT2D eigenvalue weighted by atomic mass is 32.1. The molecule has 1 N–H and O–H groups in total. The normalized spacial score (nSPS) is 23.8. The average Bonchev–Trinajstić information content (AvgIpc) is 3.95. The van der Waals surface area contributed by atoms with Crippen molar-refractivity contribution in [3.05, 3.63) is 70.6 Å². The average molecular weight is 895 g/mol. The molecule has 3 fully saturated rings. The Hall–Kier alpha value is -4.68. The quantitative estimate of drug-likeness (QED) is 0.105. The number of nitrogens with zero attached hydrogens (tertiary/aromatic N) is 3. The van der Waals surface area contributed by atoms with Crippen LogP contribution in [0.3, 0.4) is 0 Å². The smallest absolute Gasteiger partial charge is 0.374 e. The molecule has 0 radical (unpaired) electrons. The van der Waals surface area contributed by atoms with Crippen molar-refractivity contribution in [2.45, 2.75) is 116 Å². The van der Waals surface area contributed by atoms with Crippen molar-refractivity contribution in [2.75, 3.05) is 26.7 Å². The number of alkyl halides is 1. The van der Waals surface area contributed by atoms with Gasteiger partial charge in [0.05, 0.1) is 27.7 Å². The van der Waals surface area contributed by atoms with Gasteiger partial charge < -0.3 is 24.6 Å². The Morgan fingerprint density at radius 2 is 1.58 bits per heavy atom. The number of hydrogen-bond donors (Lipinski definition) is 1. The summed E-state index contributed by atoms with van der Waals surface area (Å²) >= 11 is 1.12. The van der Waals surface area contributed by atoms with Crippen LogP contribution < -0.4 is 5.32 Å². The lowest BCUT2D eigenvalue weighted by atomic mass is 9.88. The summed E-state index contributed by atoms with van der Waals surface area (Å²) in [7, 11) is -4.82. The number of hydrogen-bond acceptors (Lipinski definition) is 12. The van der Waals surface area contributed by atoms with E-state index in [4.69, 9.17) is 18.5 Å². The van der Waals surface area contributed by atoms with Crippen LogP contribution in [0.4, 0.5) is 4.39 Å². The van der Waals surface area contributed by atoms with Crippen LogP contribution in [0.15, 0.2) is 54.6 Å². The van der Waals surface area contributed by atoms with Crippen LogP contribution in [0.5, 0.6) is 0 Å². The summed E-state index contributed by atoms with van der Waals surface area (Å²) in [5.41, 5.74) is -1.58. The number of carbonyl (C=O) groups excluding carboxylic acids is 5. The number of thiophene rings is 1. The molecule has 3 aliphatic rings. The van der Waals surface area contributed by atoms with E-state index >= 15 is 4.39 Å². The Balaban J connectivity index is 1.17. The molecule has 334 valence electrons. The number of carbonyl (C=O) groups is 5. The number of fused-ring (bicyclic) bond motifs is 2. The van der Waals surface area contributed by atoms with Gasteiger partial charge in [0.1, 0.15) is 12.1 Å². The van der Waals surface area contributed by atoms with Crippen molar-refractivity contribution in [3.8, 4) is 6.07 Å². The zero-order valence-electron chi connectivity index (χ0n) is 36.3. The lowest BCUT2D eigenvalue weighted by molar-refractivity contribution is -0.162. The van der Waals surface area contributed by atoms with Gasteiger partial charge >= 0.3 is 19.5 Å². The Kier molecular flexibility index (Phi) is 14.0. The van der Waals surface area contributed by atoms with Gasteiger partial charge in [-0.3, -0.25) is 37.6 Å². The fraction of sp³-hybridized carbons (Fsp3) is 0.556. The van der Waals surface area contributed by atoms with E-state index in [0.29, 0.717) is 42.3 Å². The SMILES string of the molecule is CC(C)(C)C(=O)OCOP(=O)(OCOC(=O)C(C)(C)C)[C@@H](F)c1ccc2sc(C(=O)N[C@H]3CCCC[C@@]4(C)CC[C@@H](C(=O)N5C[C@@H](C#N)[C@H](c6ccccc6)C5)N4C3=O)cc2c1. The van der Waals surface area contributed by atoms with Crippen LogP contribution in [0.25, 0.3) is 10.1 Å². The molecule has 1 aromatic heterocycles. The highest BCUT2D eigenvalue weighted by molar-refractivity contribution is 7.54. The van der Waals surface area contributed by atoms with E-state index in [1.807, 2.05) is 37.3 Å². The Labute approximate surface area is 365 Å². The maximum Gasteiger partial charge on any atom is 0.374 e. The molecule has 3 aromatic rings. The van der Waals surface area contributed by atoms with Crippen molar-refractivity contribution >= 4 is 58.7 Å². The number of halogens is 1. The van der Waals surface area contributed by atoms with E-state index in [-0.39, 0.29) is 40.6 Å². The zero-order chi connectivity index (χ0) is 45.2. The van der Waals surface area contributed by atoms with Crippen LogP contribution in [-0.2, 0) is 42.3 Å². The molecular weight excluding hydrogens is 839 g/mol. The fourth-order valence-corrected chi connectivity index (χ4v) is 10.5. The van der Waals surface area contributed by atoms with Crippen molar-refractivity contribution < 1.29 is 51.4 Å². The third-order valence-electron chi connectivity index (χ3n) is 11.8. The zero-order valence-corrected chi connectivity index (χ0v) is 38.0. The molecule has 17 heteroatoms. The van der Waals surface area contributed by atoms with Gasteiger partial charge in [-0.2, -0.15) is 5.26 Å². The molecule has 0 aliphatic carbocycles. The van der Waals surface area contributed by atoms with Gasteiger partial charge in [-0.25, -0.2) is 4.39 Å². The summed E-state index contributed by atoms with van der Waals surface area (Å²) in [5.74, 6) is -5.35. The number of rotatable bonds is 12. The van der Waals surface area contributed by atoms with E-state index in [1.54, 1.807) is 57.4 Å². The highest BCUT2D eigenvalue weighted by Crippen LogP contribution is 2.62. The summed E-state index contributed by atoms with van der Waals surface area (Å²) in [5, 5.41) is 13.4. The molecule has 2 aromatic carbocycles. The molecular formula is C45H56FN4O10PS. The first-order valence-corrected chi connectivity index (χ1v) is 23.4. The van der Waals surface area contributed by atoms with Crippen LogP contribution in [0.1, 0.15) is 120 Å². The molecule has 0 saturated carbocycles. The lowest BCUT2D eigenvalue weighted by Gasteiger charge is -2.42. The first-order chi connectivity index (χ1) is 29.1. The highest BCUT2D eigenvalue weighted by Gasteiger charge is 2.52. The molecule has 6 rings (SSSR count). The topological polar surface area (TPSA) is 182 Å². The minimum atomic E-state index is -4.82. The van der Waals surface area contributed by atoms with Crippen LogP contribution >= 0.6 is 18.9 Å². The van der Waals surface area contributed by atoms with E-state index in [2.05, 4.69) is 11.4 Å². The molecule has 6 atom stereocenters. The van der Waals surface area contributed by atoms with Crippen LogP contribution in [0.2, 0.25) is 0 Å². The van der Waals surface area contributed by atoms with Crippen molar-refractivity contribution in [1.82, 2.24) is 15.1 Å². The van der Waals surface area contributed by atoms with Crippen molar-refractivity contribution in [1.29, 1.82) is 5.26 Å². The Bertz CT molecular complexity index is 2230. The van der Waals surface area contributed by atoms with E-state index in [9.17, 15) is 33.8 Å². The first kappa shape index (κ1) is 46.8. The molecule has 0 bridgehead atoms.